The second-order valence-corrected chi connectivity index (χ2v) is 10.6. The maximum Gasteiger partial charge on any atom is 0.226 e. The number of aromatic nitrogens is 3. The van der Waals surface area contributed by atoms with Crippen molar-refractivity contribution in [2.45, 2.75) is 51.4 Å². The molecule has 0 aliphatic heterocycles. The summed E-state index contributed by atoms with van der Waals surface area (Å²) in [6.07, 6.45) is 6.52. The van der Waals surface area contributed by atoms with E-state index in [1.165, 1.54) is 12.5 Å². The van der Waals surface area contributed by atoms with Crippen LogP contribution in [0, 0.1) is 5.21 Å². The topological polar surface area (TPSA) is 97.4 Å². The lowest BCUT2D eigenvalue weighted by molar-refractivity contribution is -0.575. The number of hydrogen-bond donors (Lipinski definition) is 0. The summed E-state index contributed by atoms with van der Waals surface area (Å²) in [6.45, 7) is 3.54. The van der Waals surface area contributed by atoms with Crippen molar-refractivity contribution in [3.63, 3.8) is 0 Å². The molecule has 0 bridgehead atoms. The number of fused-ring (bicyclic) bond motifs is 3. The van der Waals surface area contributed by atoms with Crippen LogP contribution in [0.2, 0.25) is 0 Å². The van der Waals surface area contributed by atoms with Crippen LogP contribution in [-0.2, 0) is 32.5 Å². The molecule has 2 aromatic heterocycles. The van der Waals surface area contributed by atoms with Gasteiger partial charge in [0, 0.05) is 18.9 Å². The Labute approximate surface area is 182 Å². The SMILES string of the molecule is CCOCc1nc2c[n+]([O-])c3ccccc3c2n1CC1(OCCS(C)(=O)=O)CCCC1. The summed E-state index contributed by atoms with van der Waals surface area (Å²) in [7, 11) is -3.09. The van der Waals surface area contributed by atoms with Gasteiger partial charge in [0.05, 0.1) is 35.4 Å². The zero-order valence-corrected chi connectivity index (χ0v) is 18.9. The van der Waals surface area contributed by atoms with E-state index < -0.39 is 15.4 Å². The summed E-state index contributed by atoms with van der Waals surface area (Å²) in [4.78, 5) is 4.72. The second-order valence-electron chi connectivity index (χ2n) is 8.33. The van der Waals surface area contributed by atoms with Gasteiger partial charge in [-0.15, -0.1) is 0 Å². The van der Waals surface area contributed by atoms with Crippen molar-refractivity contribution >= 4 is 31.8 Å². The van der Waals surface area contributed by atoms with Gasteiger partial charge >= 0.3 is 0 Å². The number of rotatable bonds is 9. The molecule has 8 nitrogen and oxygen atoms in total. The van der Waals surface area contributed by atoms with Crippen LogP contribution in [0.5, 0.6) is 0 Å². The molecule has 1 aliphatic rings. The lowest BCUT2D eigenvalue weighted by atomic mass is 10.0. The lowest BCUT2D eigenvalue weighted by Crippen LogP contribution is -2.36. The van der Waals surface area contributed by atoms with Crippen molar-refractivity contribution < 1.29 is 22.6 Å². The Morgan fingerprint density at radius 3 is 2.71 bits per heavy atom. The van der Waals surface area contributed by atoms with Gasteiger partial charge in [0.25, 0.3) is 0 Å². The summed E-state index contributed by atoms with van der Waals surface area (Å²) in [5.74, 6) is 0.746. The van der Waals surface area contributed by atoms with Gasteiger partial charge in [-0.1, -0.05) is 25.0 Å². The standard InChI is InChI=1S/C22H29N3O5S/c1-3-29-15-20-23-18-14-25(26)19-9-5-4-8-17(19)21(18)24(20)16-22(10-6-7-11-22)30-12-13-31(2,27)28/h4-5,8-9,14H,3,6-7,10-13,15-16H2,1-2H3. The molecule has 31 heavy (non-hydrogen) atoms. The zero-order chi connectivity index (χ0) is 22.1. The van der Waals surface area contributed by atoms with Crippen LogP contribution in [0.1, 0.15) is 38.4 Å². The Morgan fingerprint density at radius 2 is 2.00 bits per heavy atom. The van der Waals surface area contributed by atoms with Crippen LogP contribution in [0.25, 0.3) is 21.9 Å². The third-order valence-corrected chi connectivity index (χ3v) is 6.88. The van der Waals surface area contributed by atoms with Gasteiger partial charge in [-0.2, -0.15) is 4.73 Å². The molecule has 9 heteroatoms. The third-order valence-electron chi connectivity index (χ3n) is 5.97. The molecule has 1 saturated carbocycles. The number of imidazole rings is 1. The van der Waals surface area contributed by atoms with Crippen LogP contribution in [0.15, 0.2) is 30.5 Å². The van der Waals surface area contributed by atoms with E-state index in [2.05, 4.69) is 4.57 Å². The second kappa shape index (κ2) is 8.72. The van der Waals surface area contributed by atoms with E-state index in [1.807, 2.05) is 25.1 Å². The van der Waals surface area contributed by atoms with E-state index in [0.717, 1.165) is 47.1 Å². The first-order valence-electron chi connectivity index (χ1n) is 10.7. The monoisotopic (exact) mass is 447 g/mol. The predicted molar refractivity (Wildman–Crippen MR) is 118 cm³/mol. The highest BCUT2D eigenvalue weighted by molar-refractivity contribution is 7.90. The molecule has 0 amide bonds. The maximum absolute atomic E-state index is 12.5. The van der Waals surface area contributed by atoms with Crippen molar-refractivity contribution in [1.29, 1.82) is 0 Å². The highest BCUT2D eigenvalue weighted by Crippen LogP contribution is 2.37. The normalized spacial score (nSPS) is 16.5. The van der Waals surface area contributed by atoms with Crippen molar-refractivity contribution in [3.8, 4) is 0 Å². The zero-order valence-electron chi connectivity index (χ0n) is 18.0. The minimum absolute atomic E-state index is 0.00431. The smallest absolute Gasteiger partial charge is 0.226 e. The summed E-state index contributed by atoms with van der Waals surface area (Å²) in [6, 6.07) is 7.49. The van der Waals surface area contributed by atoms with Crippen molar-refractivity contribution in [1.82, 2.24) is 9.55 Å². The van der Waals surface area contributed by atoms with Gasteiger partial charge in [0.1, 0.15) is 22.3 Å². The van der Waals surface area contributed by atoms with Crippen molar-refractivity contribution in [2.24, 2.45) is 0 Å². The van der Waals surface area contributed by atoms with Crippen molar-refractivity contribution in [2.75, 3.05) is 25.2 Å². The fourth-order valence-corrected chi connectivity index (χ4v) is 4.86. The number of pyridine rings is 1. The molecule has 2 heterocycles. The molecular weight excluding hydrogens is 418 g/mol. The number of benzene rings is 1. The molecule has 0 radical (unpaired) electrons. The fraction of sp³-hybridized carbons (Fsp3) is 0.545. The van der Waals surface area contributed by atoms with E-state index in [0.29, 0.717) is 30.8 Å². The minimum atomic E-state index is -3.09. The number of nitrogens with zero attached hydrogens (tertiary/aromatic N) is 3. The van der Waals surface area contributed by atoms with Crippen LogP contribution in [0.4, 0.5) is 0 Å². The maximum atomic E-state index is 12.5. The molecule has 168 valence electrons. The number of ether oxygens (including phenoxy) is 2. The van der Waals surface area contributed by atoms with Gasteiger partial charge in [-0.05, 0) is 25.8 Å². The van der Waals surface area contributed by atoms with Crippen molar-refractivity contribution in [3.05, 3.63) is 41.5 Å². The van der Waals surface area contributed by atoms with E-state index in [-0.39, 0.29) is 12.4 Å². The average Bonchev–Trinajstić information content (AvgIpc) is 3.31. The third kappa shape index (κ3) is 4.68. The quantitative estimate of drug-likeness (QED) is 0.370. The Hall–Kier alpha value is -2.23. The molecule has 1 aliphatic carbocycles. The van der Waals surface area contributed by atoms with Gasteiger partial charge in [-0.25, -0.2) is 13.4 Å². The first kappa shape index (κ1) is 22.0. The molecule has 4 rings (SSSR count). The van der Waals surface area contributed by atoms with Crippen LogP contribution >= 0.6 is 0 Å². The number of sulfone groups is 1. The largest absolute Gasteiger partial charge is 0.618 e. The Bertz CT molecular complexity index is 1180. The predicted octanol–water partition coefficient (Wildman–Crippen LogP) is 2.73. The minimum Gasteiger partial charge on any atom is -0.618 e. The molecule has 0 spiro atoms. The number of hydrogen-bond acceptors (Lipinski definition) is 6. The van der Waals surface area contributed by atoms with Gasteiger partial charge in [-0.3, -0.25) is 0 Å². The lowest BCUT2D eigenvalue weighted by Gasteiger charge is -2.31. The Balaban J connectivity index is 1.79. The molecule has 0 saturated heterocycles. The molecule has 1 fully saturated rings. The summed E-state index contributed by atoms with van der Waals surface area (Å²) >= 11 is 0. The van der Waals surface area contributed by atoms with Gasteiger partial charge < -0.3 is 19.2 Å². The van der Waals surface area contributed by atoms with E-state index in [1.54, 1.807) is 6.07 Å². The first-order valence-corrected chi connectivity index (χ1v) is 12.8. The highest BCUT2D eigenvalue weighted by Gasteiger charge is 2.37. The summed E-state index contributed by atoms with van der Waals surface area (Å²) in [5, 5.41) is 13.4. The highest BCUT2D eigenvalue weighted by atomic mass is 32.2. The van der Waals surface area contributed by atoms with E-state index in [9.17, 15) is 13.6 Å². The Kier molecular flexibility index (Phi) is 6.18. The molecule has 0 N–H and O–H groups in total. The van der Waals surface area contributed by atoms with Gasteiger partial charge in [0.2, 0.25) is 11.7 Å². The average molecular weight is 448 g/mol. The van der Waals surface area contributed by atoms with E-state index >= 15 is 0 Å². The molecule has 3 aromatic rings. The van der Waals surface area contributed by atoms with Gasteiger partial charge in [0.15, 0.2) is 5.52 Å². The van der Waals surface area contributed by atoms with Crippen LogP contribution in [0.3, 0.4) is 0 Å². The van der Waals surface area contributed by atoms with Crippen LogP contribution in [-0.4, -0.2) is 48.8 Å². The van der Waals surface area contributed by atoms with Crippen LogP contribution < -0.4 is 4.73 Å². The first-order chi connectivity index (χ1) is 14.8. The molecule has 0 unspecified atom stereocenters. The molecular formula is C22H29N3O5S. The summed E-state index contributed by atoms with van der Waals surface area (Å²) in [5.41, 5.74) is 1.63. The Morgan fingerprint density at radius 1 is 1.26 bits per heavy atom. The number of para-hydroxylation sites is 1. The summed E-state index contributed by atoms with van der Waals surface area (Å²) < 4.78 is 38.1. The fourth-order valence-electron chi connectivity index (χ4n) is 4.48. The van der Waals surface area contributed by atoms with E-state index in [4.69, 9.17) is 14.5 Å². The molecule has 0 atom stereocenters. The molecule has 1 aromatic carbocycles.